The fourth-order valence-corrected chi connectivity index (χ4v) is 4.09. The van der Waals surface area contributed by atoms with Crippen molar-refractivity contribution in [2.24, 2.45) is 5.73 Å². The van der Waals surface area contributed by atoms with Gasteiger partial charge >= 0.3 is 0 Å². The van der Waals surface area contributed by atoms with Gasteiger partial charge < -0.3 is 5.73 Å². The Morgan fingerprint density at radius 3 is 2.30 bits per heavy atom. The highest BCUT2D eigenvalue weighted by atomic mass is 35.5. The maximum absolute atomic E-state index is 12.7. The van der Waals surface area contributed by atoms with Crippen molar-refractivity contribution in [1.82, 2.24) is 4.72 Å². The normalized spacial score (nSPS) is 14.2. The Bertz CT molecular complexity index is 838. The van der Waals surface area contributed by atoms with Crippen molar-refractivity contribution in [2.45, 2.75) is 24.3 Å². The number of nitrogens with one attached hydrogen (secondary N) is 1. The summed E-state index contributed by atoms with van der Waals surface area (Å²) < 4.78 is 27.9. The van der Waals surface area contributed by atoms with Gasteiger partial charge in [0.1, 0.15) is 5.54 Å². The zero-order valence-corrected chi connectivity index (χ0v) is 14.3. The van der Waals surface area contributed by atoms with Crippen LogP contribution in [0.1, 0.15) is 18.1 Å². The molecule has 23 heavy (non-hydrogen) atoms. The maximum atomic E-state index is 12.7. The third-order valence-corrected chi connectivity index (χ3v) is 5.80. The third-order valence-electron chi connectivity index (χ3n) is 3.69. The number of sulfonamides is 1. The van der Waals surface area contributed by atoms with Crippen molar-refractivity contribution >= 4 is 27.5 Å². The highest BCUT2D eigenvalue weighted by molar-refractivity contribution is 7.89. The quantitative estimate of drug-likeness (QED) is 0.865. The van der Waals surface area contributed by atoms with Gasteiger partial charge in [-0.05, 0) is 37.1 Å². The summed E-state index contributed by atoms with van der Waals surface area (Å²) in [7, 11) is -4.00. The number of nitrogens with two attached hydrogens (primary N) is 1. The first-order valence-corrected chi connectivity index (χ1v) is 8.69. The number of rotatable bonds is 5. The van der Waals surface area contributed by atoms with Crippen molar-refractivity contribution in [2.75, 3.05) is 0 Å². The largest absolute Gasteiger partial charge is 0.368 e. The second kappa shape index (κ2) is 6.31. The maximum Gasteiger partial charge on any atom is 0.243 e. The molecule has 0 saturated heterocycles. The van der Waals surface area contributed by atoms with E-state index in [4.69, 9.17) is 17.3 Å². The monoisotopic (exact) mass is 352 g/mol. The molecule has 0 radical (unpaired) electrons. The Morgan fingerprint density at radius 1 is 1.13 bits per heavy atom. The third kappa shape index (κ3) is 3.39. The molecular weight excluding hydrogens is 336 g/mol. The summed E-state index contributed by atoms with van der Waals surface area (Å²) in [6.07, 6.45) is 0. The molecule has 0 aliphatic rings. The Balaban J connectivity index is 2.53. The van der Waals surface area contributed by atoms with Crippen LogP contribution in [0.25, 0.3) is 0 Å². The van der Waals surface area contributed by atoms with Gasteiger partial charge in [-0.2, -0.15) is 4.72 Å². The lowest BCUT2D eigenvalue weighted by atomic mass is 9.93. The second-order valence-electron chi connectivity index (χ2n) is 5.32. The highest BCUT2D eigenvalue weighted by Crippen LogP contribution is 2.27. The molecule has 5 nitrogen and oxygen atoms in total. The molecule has 0 aliphatic heterocycles. The molecule has 0 fully saturated rings. The number of halogens is 1. The van der Waals surface area contributed by atoms with Crippen LogP contribution in [0, 0.1) is 6.92 Å². The van der Waals surface area contributed by atoms with Crippen molar-refractivity contribution in [3.8, 4) is 0 Å². The fraction of sp³-hybridized carbons (Fsp3) is 0.188. The first-order valence-electron chi connectivity index (χ1n) is 6.83. The lowest BCUT2D eigenvalue weighted by molar-refractivity contribution is -0.123. The Hall–Kier alpha value is -1.89. The van der Waals surface area contributed by atoms with Crippen LogP contribution in [0.2, 0.25) is 5.02 Å². The first kappa shape index (κ1) is 17.5. The van der Waals surface area contributed by atoms with Gasteiger partial charge in [-0.1, -0.05) is 48.0 Å². The average Bonchev–Trinajstić information content (AvgIpc) is 2.50. The van der Waals surface area contributed by atoms with Crippen LogP contribution in [0.15, 0.2) is 53.4 Å². The van der Waals surface area contributed by atoms with Crippen LogP contribution in [-0.2, 0) is 20.4 Å². The van der Waals surface area contributed by atoms with E-state index in [0.717, 1.165) is 0 Å². The Labute approximate surface area is 140 Å². The molecule has 1 amide bonds. The summed E-state index contributed by atoms with van der Waals surface area (Å²) in [6, 6.07) is 13.0. The number of carbonyl (C=O) groups is 1. The molecule has 2 rings (SSSR count). The van der Waals surface area contributed by atoms with Gasteiger partial charge in [0.2, 0.25) is 15.9 Å². The highest BCUT2D eigenvalue weighted by Gasteiger charge is 2.38. The predicted octanol–water partition coefficient (Wildman–Crippen LogP) is 2.33. The van der Waals surface area contributed by atoms with E-state index in [-0.39, 0.29) is 4.90 Å². The molecule has 7 heteroatoms. The minimum Gasteiger partial charge on any atom is -0.368 e. The van der Waals surface area contributed by atoms with Gasteiger partial charge in [0, 0.05) is 5.02 Å². The molecule has 0 spiro atoms. The van der Waals surface area contributed by atoms with Crippen LogP contribution in [0.3, 0.4) is 0 Å². The smallest absolute Gasteiger partial charge is 0.243 e. The molecule has 0 aliphatic carbocycles. The fourth-order valence-electron chi connectivity index (χ4n) is 2.23. The summed E-state index contributed by atoms with van der Waals surface area (Å²) in [6.45, 7) is 3.03. The van der Waals surface area contributed by atoms with Crippen molar-refractivity contribution in [3.05, 3.63) is 64.7 Å². The van der Waals surface area contributed by atoms with E-state index in [1.165, 1.54) is 19.1 Å². The second-order valence-corrected chi connectivity index (χ2v) is 7.38. The Kier molecular flexibility index (Phi) is 4.79. The van der Waals surface area contributed by atoms with Crippen LogP contribution in [0.5, 0.6) is 0 Å². The summed E-state index contributed by atoms with van der Waals surface area (Å²) in [5, 5.41) is 0.327. The summed E-state index contributed by atoms with van der Waals surface area (Å²) in [4.78, 5) is 12.0. The van der Waals surface area contributed by atoms with E-state index in [0.29, 0.717) is 16.1 Å². The number of benzene rings is 2. The number of primary amides is 1. The SMILES string of the molecule is Cc1c(Cl)cccc1S(=O)(=O)N[C@@](C)(C(N)=O)c1ccccc1. The number of amides is 1. The van der Waals surface area contributed by atoms with Crippen molar-refractivity contribution < 1.29 is 13.2 Å². The van der Waals surface area contributed by atoms with E-state index in [9.17, 15) is 13.2 Å². The van der Waals surface area contributed by atoms with Crippen molar-refractivity contribution in [3.63, 3.8) is 0 Å². The molecule has 1 atom stereocenters. The van der Waals surface area contributed by atoms with Gasteiger partial charge in [0.05, 0.1) is 4.90 Å². The topological polar surface area (TPSA) is 89.3 Å². The Morgan fingerprint density at radius 2 is 1.74 bits per heavy atom. The minimum atomic E-state index is -4.00. The number of hydrogen-bond acceptors (Lipinski definition) is 3. The molecule has 0 bridgehead atoms. The zero-order valence-electron chi connectivity index (χ0n) is 12.7. The lowest BCUT2D eigenvalue weighted by Gasteiger charge is -2.28. The molecule has 2 aromatic carbocycles. The van der Waals surface area contributed by atoms with Crippen LogP contribution >= 0.6 is 11.6 Å². The van der Waals surface area contributed by atoms with Gasteiger partial charge in [0.15, 0.2) is 0 Å². The van der Waals surface area contributed by atoms with Crippen LogP contribution < -0.4 is 10.5 Å². The molecule has 0 heterocycles. The van der Waals surface area contributed by atoms with E-state index in [1.54, 1.807) is 43.3 Å². The molecule has 122 valence electrons. The molecule has 3 N–H and O–H groups in total. The van der Waals surface area contributed by atoms with Gasteiger partial charge in [-0.15, -0.1) is 0 Å². The number of carbonyl (C=O) groups excluding carboxylic acids is 1. The summed E-state index contributed by atoms with van der Waals surface area (Å²) >= 11 is 5.99. The van der Waals surface area contributed by atoms with E-state index >= 15 is 0 Å². The molecule has 0 saturated carbocycles. The number of hydrogen-bond donors (Lipinski definition) is 2. The van der Waals surface area contributed by atoms with Crippen LogP contribution in [-0.4, -0.2) is 14.3 Å². The first-order chi connectivity index (χ1) is 10.7. The molecule has 0 unspecified atom stereocenters. The summed E-state index contributed by atoms with van der Waals surface area (Å²) in [5.41, 5.74) is 4.75. The zero-order chi connectivity index (χ0) is 17.3. The van der Waals surface area contributed by atoms with Crippen LogP contribution in [0.4, 0.5) is 0 Å². The van der Waals surface area contributed by atoms with Gasteiger partial charge in [-0.3, -0.25) is 4.79 Å². The molecular formula is C16H17ClN2O3S. The van der Waals surface area contributed by atoms with Gasteiger partial charge in [0.25, 0.3) is 0 Å². The summed E-state index contributed by atoms with van der Waals surface area (Å²) in [5.74, 6) is -0.799. The standard InChI is InChI=1S/C16H17ClN2O3S/c1-11-13(17)9-6-10-14(11)23(21,22)19-16(2,15(18)20)12-7-4-3-5-8-12/h3-10,19H,1-2H3,(H2,18,20)/t16-/m1/s1. The molecule has 2 aromatic rings. The van der Waals surface area contributed by atoms with E-state index < -0.39 is 21.5 Å². The van der Waals surface area contributed by atoms with E-state index in [1.807, 2.05) is 0 Å². The predicted molar refractivity (Wildman–Crippen MR) is 89.5 cm³/mol. The van der Waals surface area contributed by atoms with Gasteiger partial charge in [-0.25, -0.2) is 8.42 Å². The van der Waals surface area contributed by atoms with Crippen molar-refractivity contribution in [1.29, 1.82) is 0 Å². The molecule has 0 aromatic heterocycles. The lowest BCUT2D eigenvalue weighted by Crippen LogP contribution is -2.52. The van der Waals surface area contributed by atoms with E-state index in [2.05, 4.69) is 4.72 Å². The average molecular weight is 353 g/mol. The minimum absolute atomic E-state index is 0.00778.